The molecule has 3 aromatic heterocycles. The predicted molar refractivity (Wildman–Crippen MR) is 175 cm³/mol. The first kappa shape index (κ1) is 35.2. The van der Waals surface area contributed by atoms with Gasteiger partial charge in [0, 0.05) is 36.2 Å². The molecule has 0 spiro atoms. The lowest BCUT2D eigenvalue weighted by Gasteiger charge is -2.32. The van der Waals surface area contributed by atoms with Crippen LogP contribution in [0.25, 0.3) is 22.6 Å². The van der Waals surface area contributed by atoms with Crippen LogP contribution in [-0.4, -0.2) is 63.7 Å². The van der Waals surface area contributed by atoms with Gasteiger partial charge in [0.05, 0.1) is 11.8 Å². The van der Waals surface area contributed by atoms with Crippen molar-refractivity contribution >= 4 is 14.0 Å². The monoisotopic (exact) mass is 625 g/mol. The maximum atomic E-state index is 13.0. The van der Waals surface area contributed by atoms with Gasteiger partial charge in [-0.05, 0) is 72.1 Å². The summed E-state index contributed by atoms with van der Waals surface area (Å²) in [5, 5.41) is 4.65. The van der Waals surface area contributed by atoms with Gasteiger partial charge in [0.25, 0.3) is 0 Å². The van der Waals surface area contributed by atoms with Crippen LogP contribution >= 0.6 is 0 Å². The third kappa shape index (κ3) is 9.85. The number of nitrogens with zero attached hydrogens (tertiary/aromatic N) is 5. The number of esters is 1. The fourth-order valence-corrected chi connectivity index (χ4v) is 5.08. The molecule has 11 heteroatoms. The van der Waals surface area contributed by atoms with Crippen molar-refractivity contribution in [1.82, 2.24) is 24.7 Å². The van der Waals surface area contributed by atoms with E-state index in [4.69, 9.17) is 18.9 Å². The van der Waals surface area contributed by atoms with Gasteiger partial charge in [-0.2, -0.15) is 29.3 Å². The molecule has 0 aromatic carbocycles. The van der Waals surface area contributed by atoms with Crippen LogP contribution in [0.1, 0.15) is 66.9 Å². The molecule has 0 N–H and O–H groups in total. The van der Waals surface area contributed by atoms with Gasteiger partial charge in [-0.15, -0.1) is 19.2 Å². The predicted octanol–water partition coefficient (Wildman–Crippen LogP) is 7.34. The number of aromatic nitrogens is 5. The van der Waals surface area contributed by atoms with E-state index in [1.54, 1.807) is 17.1 Å². The van der Waals surface area contributed by atoms with Crippen molar-refractivity contribution in [3.63, 3.8) is 0 Å². The molecule has 44 heavy (non-hydrogen) atoms. The van der Waals surface area contributed by atoms with E-state index in [1.165, 1.54) is 0 Å². The highest BCUT2D eigenvalue weighted by molar-refractivity contribution is 6.76. The van der Waals surface area contributed by atoms with E-state index >= 15 is 0 Å². The van der Waals surface area contributed by atoms with Crippen molar-refractivity contribution in [2.75, 3.05) is 13.2 Å². The molecule has 0 aliphatic rings. The van der Waals surface area contributed by atoms with Gasteiger partial charge in [0.2, 0.25) is 5.88 Å². The second kappa shape index (κ2) is 14.6. The first-order valence-electron chi connectivity index (χ1n) is 15.5. The molecule has 0 aliphatic carbocycles. The molecule has 3 rings (SSSR count). The summed E-state index contributed by atoms with van der Waals surface area (Å²) < 4.78 is 25.2. The molecule has 0 bridgehead atoms. The average molecular weight is 626 g/mol. The summed E-state index contributed by atoms with van der Waals surface area (Å²) in [4.78, 5) is 26.8. The van der Waals surface area contributed by atoms with Crippen LogP contribution in [0, 0.1) is 12.3 Å². The fourth-order valence-electron chi connectivity index (χ4n) is 4.32. The quantitative estimate of drug-likeness (QED) is 0.0973. The number of aryl methyl sites for hydroxylation is 1. The van der Waals surface area contributed by atoms with Gasteiger partial charge < -0.3 is 18.9 Å². The fraction of sp³-hybridized carbons (Fsp3) is 0.606. The van der Waals surface area contributed by atoms with E-state index < -0.39 is 19.1 Å². The summed E-state index contributed by atoms with van der Waals surface area (Å²) in [6.45, 7) is 23.6. The highest BCUT2D eigenvalue weighted by atomic mass is 28.3. The number of pyridine rings is 2. The number of carbonyl (C=O) groups excluding carboxylic acids is 1. The zero-order valence-corrected chi connectivity index (χ0v) is 29.5. The van der Waals surface area contributed by atoms with Gasteiger partial charge in [-0.1, -0.05) is 13.8 Å². The molecule has 243 valence electrons. The van der Waals surface area contributed by atoms with E-state index in [1.807, 2.05) is 73.6 Å². The van der Waals surface area contributed by atoms with Crippen LogP contribution in [-0.2, 0) is 21.0 Å². The first-order valence-corrected chi connectivity index (χ1v) is 19.3. The van der Waals surface area contributed by atoms with E-state index in [9.17, 15) is 4.79 Å². The standard InChI is InChI=1S/C33H51N5O5Si/c1-12-33(13-2,30(39)43-32(6,7)8)21-41-28-18-24(5)26(20-35-28)27-15-14-25(19-34-27)29-36-31(42-23(3)4)38(37-29)22-40-16-17-44(9,10)11/h14-15,18-20,23H,12-13,16-17,21-22H2,1-11H3/q-1. The van der Waals surface area contributed by atoms with Crippen LogP contribution in [0.15, 0.2) is 30.6 Å². The normalized spacial score (nSPS) is 12.5. The lowest BCUT2D eigenvalue weighted by molar-refractivity contribution is -0.170. The van der Waals surface area contributed by atoms with Crippen molar-refractivity contribution in [1.29, 1.82) is 0 Å². The molecule has 0 unspecified atom stereocenters. The Bertz CT molecular complexity index is 1370. The van der Waals surface area contributed by atoms with Crippen molar-refractivity contribution < 1.29 is 23.7 Å². The highest BCUT2D eigenvalue weighted by Gasteiger charge is 2.39. The second-order valence-electron chi connectivity index (χ2n) is 13.8. The molecule has 3 aromatic rings. The topological polar surface area (TPSA) is 110 Å². The second-order valence-corrected chi connectivity index (χ2v) is 19.4. The molecular formula is C33H51N5O5Si-. The molecule has 0 atom stereocenters. The molecule has 0 saturated heterocycles. The highest BCUT2D eigenvalue weighted by Crippen LogP contribution is 2.32. The van der Waals surface area contributed by atoms with Gasteiger partial charge in [-0.3, -0.25) is 9.78 Å². The third-order valence-electron chi connectivity index (χ3n) is 7.25. The Morgan fingerprint density at radius 1 is 1.05 bits per heavy atom. The lowest BCUT2D eigenvalue weighted by Crippen LogP contribution is -2.41. The summed E-state index contributed by atoms with van der Waals surface area (Å²) in [7, 11) is -1.19. The number of rotatable bonds is 15. The Hall–Kier alpha value is -3.31. The van der Waals surface area contributed by atoms with E-state index in [0.717, 1.165) is 28.4 Å². The van der Waals surface area contributed by atoms with Crippen LogP contribution < -0.4 is 9.47 Å². The molecule has 3 heterocycles. The van der Waals surface area contributed by atoms with Crippen LogP contribution in [0.2, 0.25) is 25.7 Å². The first-order chi connectivity index (χ1) is 20.6. The number of hydrogen-bond donors (Lipinski definition) is 0. The minimum Gasteiger partial charge on any atom is -0.476 e. The van der Waals surface area contributed by atoms with E-state index in [2.05, 4.69) is 39.7 Å². The van der Waals surface area contributed by atoms with Crippen molar-refractivity contribution in [3.05, 3.63) is 36.2 Å². The lowest BCUT2D eigenvalue weighted by atomic mass is 9.83. The van der Waals surface area contributed by atoms with Crippen LogP contribution in [0.5, 0.6) is 11.9 Å². The van der Waals surface area contributed by atoms with E-state index in [0.29, 0.717) is 37.2 Å². The van der Waals surface area contributed by atoms with Crippen molar-refractivity contribution in [3.8, 4) is 34.5 Å². The zero-order chi connectivity index (χ0) is 32.7. The molecular weight excluding hydrogens is 574 g/mol. The van der Waals surface area contributed by atoms with Crippen molar-refractivity contribution in [2.45, 2.75) is 112 Å². The minimum atomic E-state index is -1.19. The van der Waals surface area contributed by atoms with Crippen molar-refractivity contribution in [2.24, 2.45) is 5.41 Å². The zero-order valence-electron chi connectivity index (χ0n) is 28.5. The Morgan fingerprint density at radius 3 is 2.30 bits per heavy atom. The molecule has 0 fully saturated rings. The van der Waals surface area contributed by atoms with Crippen LogP contribution in [0.4, 0.5) is 0 Å². The van der Waals surface area contributed by atoms with Gasteiger partial charge >= 0.3 is 12.0 Å². The largest absolute Gasteiger partial charge is 0.476 e. The molecule has 0 amide bonds. The summed E-state index contributed by atoms with van der Waals surface area (Å²) in [5.74, 6) is 0.731. The molecule has 0 saturated carbocycles. The smallest absolute Gasteiger partial charge is 0.317 e. The number of hydrogen-bond acceptors (Lipinski definition) is 9. The number of ether oxygens (including phenoxy) is 4. The van der Waals surface area contributed by atoms with E-state index in [-0.39, 0.29) is 25.4 Å². The summed E-state index contributed by atoms with van der Waals surface area (Å²) >= 11 is 0. The molecule has 0 aliphatic heterocycles. The summed E-state index contributed by atoms with van der Waals surface area (Å²) in [6.07, 6.45) is 4.67. The maximum Gasteiger partial charge on any atom is 0.317 e. The Labute approximate surface area is 263 Å². The Morgan fingerprint density at radius 2 is 1.75 bits per heavy atom. The summed E-state index contributed by atoms with van der Waals surface area (Å²) in [5.41, 5.74) is 2.07. The number of carbonyl (C=O) groups is 1. The average Bonchev–Trinajstić information content (AvgIpc) is 3.32. The minimum absolute atomic E-state index is 0.0478. The Kier molecular flexibility index (Phi) is 11.7. The Balaban J connectivity index is 1.73. The maximum absolute atomic E-state index is 13.0. The van der Waals surface area contributed by atoms with Gasteiger partial charge in [-0.25, -0.2) is 4.98 Å². The van der Waals surface area contributed by atoms with Crippen LogP contribution in [0.3, 0.4) is 0 Å². The third-order valence-corrected chi connectivity index (χ3v) is 8.96. The van der Waals surface area contributed by atoms with Gasteiger partial charge in [0.15, 0.2) is 5.82 Å². The summed E-state index contributed by atoms with van der Waals surface area (Å²) in [6, 6.07) is 7.23. The SMILES string of the molecule is CCC(CC)(COc1cc(C)c(-c2ccc(-c3nc(OC(C)C)n(COCC[Si-](C)(C)C)n3)cn2)cn1)C(=O)OC(C)(C)C. The van der Waals surface area contributed by atoms with Gasteiger partial charge in [0.1, 0.15) is 24.4 Å². The molecule has 10 nitrogen and oxygen atoms in total. The molecule has 0 radical (unpaired) electrons.